The van der Waals surface area contributed by atoms with Gasteiger partial charge in [0, 0.05) is 49.3 Å². The summed E-state index contributed by atoms with van der Waals surface area (Å²) in [6.45, 7) is 5.58. The van der Waals surface area contributed by atoms with Crippen LogP contribution in [0, 0.1) is 0 Å². The fourth-order valence-electron chi connectivity index (χ4n) is 5.53. The molecule has 188 valence electrons. The molecule has 0 spiro atoms. The van der Waals surface area contributed by atoms with Gasteiger partial charge in [-0.05, 0) is 62.5 Å². The monoisotopic (exact) mass is 487 g/mol. The molecular formula is C28H33N5O3. The normalized spacial score (nSPS) is 18.9. The minimum atomic E-state index is -0.131. The summed E-state index contributed by atoms with van der Waals surface area (Å²) in [6, 6.07) is 10.2. The van der Waals surface area contributed by atoms with Gasteiger partial charge in [-0.1, -0.05) is 12.5 Å². The number of nitrogens with one attached hydrogen (secondary N) is 1. The molecule has 2 saturated heterocycles. The minimum absolute atomic E-state index is 0.131. The first-order valence-electron chi connectivity index (χ1n) is 13.1. The first-order valence-corrected chi connectivity index (χ1v) is 13.1. The Morgan fingerprint density at radius 3 is 2.78 bits per heavy atom. The number of hydrogen-bond acceptors (Lipinski definition) is 6. The van der Waals surface area contributed by atoms with Crippen LogP contribution in [0.25, 0.3) is 33.1 Å². The van der Waals surface area contributed by atoms with Crippen LogP contribution in [0.2, 0.25) is 0 Å². The molecular weight excluding hydrogens is 454 g/mol. The number of imidazole rings is 1. The molecule has 2 aliphatic heterocycles. The van der Waals surface area contributed by atoms with Crippen LogP contribution in [-0.2, 0) is 11.8 Å². The standard InChI is InChI=1S/C28H33N5O3/c1-32-27-25(21-10-15-35-18-21)30-23-8-6-19(16-22(23)26(27)31-28(32)34)20-7-9-24(29-17-20)36-14-5-13-33-11-3-2-4-12-33/h6-9,16-17,21H,2-5,10-15,18H2,1H3,(H,31,34)/t21-/m1/s1. The van der Waals surface area contributed by atoms with Crippen LogP contribution in [0.4, 0.5) is 0 Å². The first-order chi connectivity index (χ1) is 17.7. The van der Waals surface area contributed by atoms with E-state index in [2.05, 4.69) is 27.0 Å². The number of piperidine rings is 1. The van der Waals surface area contributed by atoms with Crippen molar-refractivity contribution in [1.29, 1.82) is 0 Å². The topological polar surface area (TPSA) is 85.3 Å². The number of likely N-dealkylation sites (tertiary alicyclic amines) is 1. The maximum Gasteiger partial charge on any atom is 0.326 e. The number of pyridine rings is 2. The Labute approximate surface area is 210 Å². The van der Waals surface area contributed by atoms with Gasteiger partial charge in [-0.3, -0.25) is 9.55 Å². The Bertz CT molecular complexity index is 1410. The summed E-state index contributed by atoms with van der Waals surface area (Å²) in [5, 5.41) is 0.931. The molecule has 1 aromatic carbocycles. The van der Waals surface area contributed by atoms with E-state index < -0.39 is 0 Å². The molecule has 3 aromatic heterocycles. The Morgan fingerprint density at radius 2 is 2.00 bits per heavy atom. The SMILES string of the molecule is Cn1c(=O)[nH]c2c3cc(-c4ccc(OCCCN5CCCCC5)nc4)ccc3nc([C@@H]3CCOC3)c21. The second-order valence-corrected chi connectivity index (χ2v) is 9.99. The summed E-state index contributed by atoms with van der Waals surface area (Å²) < 4.78 is 13.2. The van der Waals surface area contributed by atoms with Crippen LogP contribution >= 0.6 is 0 Å². The molecule has 0 bridgehead atoms. The lowest BCUT2D eigenvalue weighted by atomic mass is 9.99. The molecule has 8 nitrogen and oxygen atoms in total. The summed E-state index contributed by atoms with van der Waals surface area (Å²) in [6.07, 6.45) is 7.78. The van der Waals surface area contributed by atoms with E-state index in [1.807, 2.05) is 24.4 Å². The number of rotatable bonds is 7. The lowest BCUT2D eigenvalue weighted by Gasteiger charge is -2.26. The zero-order valence-electron chi connectivity index (χ0n) is 20.8. The van der Waals surface area contributed by atoms with E-state index in [1.54, 1.807) is 11.6 Å². The maximum absolute atomic E-state index is 12.6. The van der Waals surface area contributed by atoms with Crippen molar-refractivity contribution in [3.63, 3.8) is 0 Å². The van der Waals surface area contributed by atoms with Gasteiger partial charge in [0.15, 0.2) is 0 Å². The zero-order valence-corrected chi connectivity index (χ0v) is 20.8. The average Bonchev–Trinajstić information content (AvgIpc) is 3.56. The van der Waals surface area contributed by atoms with Crippen LogP contribution < -0.4 is 10.4 Å². The van der Waals surface area contributed by atoms with Crippen molar-refractivity contribution in [2.45, 2.75) is 38.0 Å². The van der Waals surface area contributed by atoms with Crippen LogP contribution in [0.3, 0.4) is 0 Å². The van der Waals surface area contributed by atoms with Crippen molar-refractivity contribution in [3.8, 4) is 17.0 Å². The lowest BCUT2D eigenvalue weighted by Crippen LogP contribution is -2.31. The highest BCUT2D eigenvalue weighted by Gasteiger charge is 2.25. The summed E-state index contributed by atoms with van der Waals surface area (Å²) in [4.78, 5) is 27.7. The summed E-state index contributed by atoms with van der Waals surface area (Å²) in [5.74, 6) is 0.854. The molecule has 5 heterocycles. The summed E-state index contributed by atoms with van der Waals surface area (Å²) in [5.41, 5.74) is 5.40. The third kappa shape index (κ3) is 4.51. The molecule has 0 saturated carbocycles. The molecule has 1 atom stereocenters. The van der Waals surface area contributed by atoms with Gasteiger partial charge >= 0.3 is 5.69 Å². The molecule has 8 heteroatoms. The molecule has 4 aromatic rings. The van der Waals surface area contributed by atoms with Crippen LogP contribution in [0.15, 0.2) is 41.3 Å². The third-order valence-corrected chi connectivity index (χ3v) is 7.56. The highest BCUT2D eigenvalue weighted by atomic mass is 16.5. The van der Waals surface area contributed by atoms with Crippen LogP contribution in [-0.4, -0.2) is 63.9 Å². The predicted octanol–water partition coefficient (Wildman–Crippen LogP) is 4.24. The van der Waals surface area contributed by atoms with Gasteiger partial charge in [0.1, 0.15) is 0 Å². The molecule has 36 heavy (non-hydrogen) atoms. The number of benzene rings is 1. The molecule has 2 fully saturated rings. The van der Waals surface area contributed by atoms with Gasteiger partial charge in [0.25, 0.3) is 0 Å². The van der Waals surface area contributed by atoms with Crippen molar-refractivity contribution in [2.75, 3.05) is 39.5 Å². The molecule has 0 radical (unpaired) electrons. The van der Waals surface area contributed by atoms with Crippen molar-refractivity contribution in [3.05, 3.63) is 52.7 Å². The number of aromatic nitrogens is 4. The molecule has 2 aliphatic rings. The second kappa shape index (κ2) is 10.0. The smallest absolute Gasteiger partial charge is 0.326 e. The largest absolute Gasteiger partial charge is 0.478 e. The van der Waals surface area contributed by atoms with Crippen molar-refractivity contribution in [1.82, 2.24) is 24.4 Å². The fraction of sp³-hybridized carbons (Fsp3) is 0.464. The van der Waals surface area contributed by atoms with Crippen molar-refractivity contribution < 1.29 is 9.47 Å². The highest BCUT2D eigenvalue weighted by molar-refractivity contribution is 6.04. The van der Waals surface area contributed by atoms with E-state index in [1.165, 1.54) is 32.4 Å². The number of fused-ring (bicyclic) bond motifs is 3. The Kier molecular flexibility index (Phi) is 6.46. The van der Waals surface area contributed by atoms with E-state index in [4.69, 9.17) is 14.5 Å². The molecule has 6 rings (SSSR count). The molecule has 0 unspecified atom stereocenters. The van der Waals surface area contributed by atoms with Crippen molar-refractivity contribution >= 4 is 21.9 Å². The number of aromatic amines is 1. The average molecular weight is 488 g/mol. The Morgan fingerprint density at radius 1 is 1.14 bits per heavy atom. The van der Waals surface area contributed by atoms with Crippen LogP contribution in [0.1, 0.15) is 43.7 Å². The van der Waals surface area contributed by atoms with Crippen molar-refractivity contribution in [2.24, 2.45) is 7.05 Å². The quantitative estimate of drug-likeness (QED) is 0.393. The van der Waals surface area contributed by atoms with E-state index >= 15 is 0 Å². The van der Waals surface area contributed by atoms with E-state index in [0.717, 1.165) is 64.8 Å². The molecule has 1 N–H and O–H groups in total. The summed E-state index contributed by atoms with van der Waals surface area (Å²) in [7, 11) is 1.80. The number of aryl methyl sites for hydroxylation is 1. The second-order valence-electron chi connectivity index (χ2n) is 9.99. The molecule has 0 aliphatic carbocycles. The maximum atomic E-state index is 12.6. The van der Waals surface area contributed by atoms with Gasteiger partial charge in [0.2, 0.25) is 5.88 Å². The molecule has 0 amide bonds. The Hall–Kier alpha value is -3.23. The van der Waals surface area contributed by atoms with Gasteiger partial charge in [0.05, 0.1) is 35.5 Å². The van der Waals surface area contributed by atoms with E-state index in [0.29, 0.717) is 19.1 Å². The zero-order chi connectivity index (χ0) is 24.5. The van der Waals surface area contributed by atoms with Gasteiger partial charge in [-0.2, -0.15) is 0 Å². The predicted molar refractivity (Wildman–Crippen MR) is 141 cm³/mol. The van der Waals surface area contributed by atoms with Gasteiger partial charge in [-0.25, -0.2) is 9.78 Å². The first kappa shape index (κ1) is 23.2. The lowest BCUT2D eigenvalue weighted by molar-refractivity contribution is 0.193. The van der Waals surface area contributed by atoms with Gasteiger partial charge < -0.3 is 19.4 Å². The van der Waals surface area contributed by atoms with Gasteiger partial charge in [-0.15, -0.1) is 0 Å². The minimum Gasteiger partial charge on any atom is -0.478 e. The number of nitrogens with zero attached hydrogens (tertiary/aromatic N) is 4. The summed E-state index contributed by atoms with van der Waals surface area (Å²) >= 11 is 0. The number of hydrogen-bond donors (Lipinski definition) is 1. The third-order valence-electron chi connectivity index (χ3n) is 7.56. The Balaban J connectivity index is 1.22. The van der Waals surface area contributed by atoms with Crippen LogP contribution in [0.5, 0.6) is 5.88 Å². The number of H-pyrrole nitrogens is 1. The van der Waals surface area contributed by atoms with E-state index in [9.17, 15) is 4.79 Å². The number of ether oxygens (including phenoxy) is 2. The van der Waals surface area contributed by atoms with E-state index in [-0.39, 0.29) is 11.6 Å². The highest BCUT2D eigenvalue weighted by Crippen LogP contribution is 2.34. The fourth-order valence-corrected chi connectivity index (χ4v) is 5.53.